The van der Waals surface area contributed by atoms with Crippen LogP contribution in [-0.4, -0.2) is 39.0 Å². The van der Waals surface area contributed by atoms with E-state index in [1.165, 1.54) is 10.9 Å². The summed E-state index contributed by atoms with van der Waals surface area (Å²) in [4.78, 5) is 2.38. The van der Waals surface area contributed by atoms with Crippen LogP contribution < -0.4 is 4.74 Å². The summed E-state index contributed by atoms with van der Waals surface area (Å²) in [6.45, 7) is 4.74. The molecule has 0 radical (unpaired) electrons. The molecule has 2 aromatic heterocycles. The molecule has 1 aliphatic heterocycles. The Balaban J connectivity index is 1.38. The highest BCUT2D eigenvalue weighted by Gasteiger charge is 2.22. The van der Waals surface area contributed by atoms with E-state index in [1.807, 2.05) is 6.92 Å². The van der Waals surface area contributed by atoms with Gasteiger partial charge in [0.25, 0.3) is 0 Å². The van der Waals surface area contributed by atoms with Crippen molar-refractivity contribution >= 4 is 10.9 Å². The van der Waals surface area contributed by atoms with Gasteiger partial charge in [-0.3, -0.25) is 4.90 Å². The molecule has 6 nitrogen and oxygen atoms in total. The van der Waals surface area contributed by atoms with Gasteiger partial charge in [0.05, 0.1) is 5.52 Å². The van der Waals surface area contributed by atoms with E-state index < -0.39 is 0 Å². The minimum Gasteiger partial charge on any atom is -0.490 e. The van der Waals surface area contributed by atoms with Crippen LogP contribution in [0.2, 0.25) is 0 Å². The first-order valence-electron chi connectivity index (χ1n) is 8.42. The first-order chi connectivity index (χ1) is 11.7. The van der Waals surface area contributed by atoms with Crippen LogP contribution in [-0.2, 0) is 13.6 Å². The van der Waals surface area contributed by atoms with Crippen molar-refractivity contribution in [3.05, 3.63) is 41.9 Å². The molecule has 0 amide bonds. The Morgan fingerprint density at radius 1 is 1.21 bits per heavy atom. The highest BCUT2D eigenvalue weighted by Crippen LogP contribution is 2.28. The van der Waals surface area contributed by atoms with Crippen molar-refractivity contribution in [2.75, 3.05) is 13.1 Å². The van der Waals surface area contributed by atoms with E-state index in [0.717, 1.165) is 49.6 Å². The number of rotatable bonds is 4. The number of hydrogen-bond acceptors (Lipinski definition) is 5. The smallest absolute Gasteiger partial charge is 0.129 e. The molecule has 0 N–H and O–H groups in total. The zero-order valence-electron chi connectivity index (χ0n) is 14.1. The summed E-state index contributed by atoms with van der Waals surface area (Å²) in [6.07, 6.45) is 4.39. The van der Waals surface area contributed by atoms with Gasteiger partial charge in [0.1, 0.15) is 23.2 Å². The Morgan fingerprint density at radius 3 is 2.79 bits per heavy atom. The number of aromatic nitrogens is 3. The summed E-state index contributed by atoms with van der Waals surface area (Å²) < 4.78 is 13.2. The molecule has 126 valence electrons. The van der Waals surface area contributed by atoms with Crippen LogP contribution in [0.15, 0.2) is 35.1 Å². The lowest BCUT2D eigenvalue weighted by atomic mass is 10.1. The molecule has 1 fully saturated rings. The Labute approximate surface area is 141 Å². The molecule has 1 aromatic carbocycles. The second-order valence-corrected chi connectivity index (χ2v) is 6.51. The van der Waals surface area contributed by atoms with Crippen LogP contribution in [0.25, 0.3) is 10.9 Å². The monoisotopic (exact) mass is 326 g/mol. The van der Waals surface area contributed by atoms with Crippen LogP contribution in [0.3, 0.4) is 0 Å². The summed E-state index contributed by atoms with van der Waals surface area (Å²) >= 11 is 0. The fourth-order valence-corrected chi connectivity index (χ4v) is 3.35. The van der Waals surface area contributed by atoms with Crippen LogP contribution in [0, 0.1) is 6.92 Å². The lowest BCUT2D eigenvalue weighted by molar-refractivity contribution is 0.0965. The molecule has 0 unspecified atom stereocenters. The van der Waals surface area contributed by atoms with E-state index in [2.05, 4.69) is 57.3 Å². The van der Waals surface area contributed by atoms with E-state index in [4.69, 9.17) is 9.37 Å². The van der Waals surface area contributed by atoms with E-state index in [9.17, 15) is 0 Å². The van der Waals surface area contributed by atoms with Crippen molar-refractivity contribution in [2.24, 2.45) is 7.05 Å². The summed E-state index contributed by atoms with van der Waals surface area (Å²) in [5.41, 5.74) is 3.02. The summed E-state index contributed by atoms with van der Waals surface area (Å²) in [5.74, 6) is 0.989. The average Bonchev–Trinajstić information content (AvgIpc) is 3.17. The number of hydrogen-bond donors (Lipinski definition) is 0. The molecule has 1 saturated heterocycles. The van der Waals surface area contributed by atoms with Crippen LogP contribution in [0.1, 0.15) is 24.2 Å². The normalized spacial score (nSPS) is 16.8. The van der Waals surface area contributed by atoms with Crippen molar-refractivity contribution in [1.29, 1.82) is 0 Å². The molecule has 4 rings (SSSR count). The minimum atomic E-state index is 0.267. The Hall–Kier alpha value is -2.34. The Bertz CT molecular complexity index is 831. The number of nitrogens with zero attached hydrogens (tertiary/aromatic N) is 4. The molecule has 0 bridgehead atoms. The second-order valence-electron chi connectivity index (χ2n) is 6.51. The van der Waals surface area contributed by atoms with E-state index >= 15 is 0 Å². The maximum absolute atomic E-state index is 6.30. The zero-order valence-corrected chi connectivity index (χ0v) is 14.1. The van der Waals surface area contributed by atoms with Gasteiger partial charge in [-0.1, -0.05) is 16.4 Å². The topological polar surface area (TPSA) is 56.3 Å². The van der Waals surface area contributed by atoms with Gasteiger partial charge in [0.2, 0.25) is 0 Å². The van der Waals surface area contributed by atoms with Gasteiger partial charge < -0.3 is 9.30 Å². The van der Waals surface area contributed by atoms with E-state index in [-0.39, 0.29) is 6.10 Å². The number of fused-ring (bicyclic) bond motifs is 1. The van der Waals surface area contributed by atoms with Gasteiger partial charge in [-0.15, -0.1) is 0 Å². The standard InChI is InChI=1S/C18H22N4O2/c1-13-16(20-24-19-13)12-22-10-6-14(7-11-22)23-18-5-3-4-17-15(18)8-9-21(17)2/h3-5,8-9,14H,6-7,10-12H2,1-2H3. The van der Waals surface area contributed by atoms with Gasteiger partial charge in [-0.05, 0) is 38.0 Å². The Morgan fingerprint density at radius 2 is 2.04 bits per heavy atom. The van der Waals surface area contributed by atoms with Crippen molar-refractivity contribution in [3.63, 3.8) is 0 Å². The summed E-state index contributed by atoms with van der Waals surface area (Å²) in [5, 5.41) is 9.00. The fourth-order valence-electron chi connectivity index (χ4n) is 3.35. The number of piperidine rings is 1. The molecule has 0 spiro atoms. The number of benzene rings is 1. The van der Waals surface area contributed by atoms with Gasteiger partial charge in [0, 0.05) is 38.3 Å². The molecular weight excluding hydrogens is 304 g/mol. The van der Waals surface area contributed by atoms with Gasteiger partial charge in [-0.25, -0.2) is 4.63 Å². The molecule has 1 aliphatic rings. The molecule has 0 saturated carbocycles. The molecule has 6 heteroatoms. The van der Waals surface area contributed by atoms with Crippen molar-refractivity contribution in [3.8, 4) is 5.75 Å². The lowest BCUT2D eigenvalue weighted by Crippen LogP contribution is -2.38. The van der Waals surface area contributed by atoms with Gasteiger partial charge >= 0.3 is 0 Å². The van der Waals surface area contributed by atoms with Crippen molar-refractivity contribution < 1.29 is 9.37 Å². The zero-order chi connectivity index (χ0) is 16.5. The predicted octanol–water partition coefficient (Wildman–Crippen LogP) is 2.91. The van der Waals surface area contributed by atoms with Crippen molar-refractivity contribution in [2.45, 2.75) is 32.4 Å². The van der Waals surface area contributed by atoms with Crippen LogP contribution in [0.5, 0.6) is 5.75 Å². The average molecular weight is 326 g/mol. The highest BCUT2D eigenvalue weighted by molar-refractivity contribution is 5.86. The van der Waals surface area contributed by atoms with Crippen LogP contribution >= 0.6 is 0 Å². The minimum absolute atomic E-state index is 0.267. The number of likely N-dealkylation sites (tertiary alicyclic amines) is 1. The van der Waals surface area contributed by atoms with Gasteiger partial charge in [0.15, 0.2) is 0 Å². The quantitative estimate of drug-likeness (QED) is 0.738. The summed E-state index contributed by atoms with van der Waals surface area (Å²) in [7, 11) is 2.06. The van der Waals surface area contributed by atoms with E-state index in [0.29, 0.717) is 0 Å². The second kappa shape index (κ2) is 6.28. The number of ether oxygens (including phenoxy) is 1. The van der Waals surface area contributed by atoms with E-state index in [1.54, 1.807) is 0 Å². The maximum Gasteiger partial charge on any atom is 0.129 e. The SMILES string of the molecule is Cc1nonc1CN1CCC(Oc2cccc3c2ccn3C)CC1. The lowest BCUT2D eigenvalue weighted by Gasteiger charge is -2.31. The molecule has 3 heterocycles. The first-order valence-corrected chi connectivity index (χ1v) is 8.42. The molecular formula is C18H22N4O2. The number of aryl methyl sites for hydroxylation is 2. The third-order valence-corrected chi connectivity index (χ3v) is 4.84. The first kappa shape index (κ1) is 15.2. The molecule has 24 heavy (non-hydrogen) atoms. The molecule has 3 aromatic rings. The third kappa shape index (κ3) is 2.89. The largest absolute Gasteiger partial charge is 0.490 e. The van der Waals surface area contributed by atoms with Crippen LogP contribution in [0.4, 0.5) is 0 Å². The Kier molecular flexibility index (Phi) is 3.98. The summed E-state index contributed by atoms with van der Waals surface area (Å²) in [6, 6.07) is 8.38. The maximum atomic E-state index is 6.30. The predicted molar refractivity (Wildman–Crippen MR) is 90.9 cm³/mol. The highest BCUT2D eigenvalue weighted by atomic mass is 16.6. The fraction of sp³-hybridized carbons (Fsp3) is 0.444. The van der Waals surface area contributed by atoms with Crippen molar-refractivity contribution in [1.82, 2.24) is 19.8 Å². The molecule has 0 atom stereocenters. The third-order valence-electron chi connectivity index (χ3n) is 4.84. The molecule has 0 aliphatic carbocycles. The van der Waals surface area contributed by atoms with Gasteiger partial charge in [-0.2, -0.15) is 0 Å².